The van der Waals surface area contributed by atoms with Crippen LogP contribution in [0.4, 0.5) is 0 Å². The number of esters is 1. The number of hydrogen-bond donors (Lipinski definition) is 2. The summed E-state index contributed by atoms with van der Waals surface area (Å²) in [4.78, 5) is 42.4. The van der Waals surface area contributed by atoms with Gasteiger partial charge in [0.15, 0.2) is 5.78 Å². The van der Waals surface area contributed by atoms with Gasteiger partial charge in [-0.25, -0.2) is 4.57 Å². The van der Waals surface area contributed by atoms with Gasteiger partial charge in [-0.3, -0.25) is 14.1 Å². The monoisotopic (exact) mass is 380 g/mol. The third-order valence-electron chi connectivity index (χ3n) is 3.98. The molecule has 0 spiro atoms. The molecule has 0 aliphatic rings. The van der Waals surface area contributed by atoms with E-state index < -0.39 is 31.6 Å². The van der Waals surface area contributed by atoms with Crippen LogP contribution in [-0.4, -0.2) is 33.7 Å². The van der Waals surface area contributed by atoms with Crippen molar-refractivity contribution in [2.75, 3.05) is 0 Å². The van der Waals surface area contributed by atoms with Crippen LogP contribution in [0.5, 0.6) is 0 Å². The van der Waals surface area contributed by atoms with Gasteiger partial charge in [0, 0.05) is 6.42 Å². The van der Waals surface area contributed by atoms with Crippen molar-refractivity contribution in [1.82, 2.24) is 0 Å². The van der Waals surface area contributed by atoms with Crippen LogP contribution in [-0.2, 0) is 23.4 Å². The van der Waals surface area contributed by atoms with Gasteiger partial charge in [-0.05, 0) is 24.2 Å². The number of carbonyl (C=O) groups excluding carboxylic acids is 2. The van der Waals surface area contributed by atoms with Crippen LogP contribution in [0.2, 0.25) is 0 Å². The molecule has 0 bridgehead atoms. The first-order valence-electron chi connectivity index (χ1n) is 8.53. The molecule has 0 heterocycles. The number of ether oxygens (including phenoxy) is 1. The molecule has 25 heavy (non-hydrogen) atoms. The predicted octanol–water partition coefficient (Wildman–Crippen LogP) is 3.33. The number of carbonyl (C=O) groups is 2. The van der Waals surface area contributed by atoms with Gasteiger partial charge in [-0.15, -0.1) is 0 Å². The van der Waals surface area contributed by atoms with E-state index in [0.29, 0.717) is 0 Å². The Bertz CT molecular complexity index is 502. The first kappa shape index (κ1) is 24.2. The molecular weight excluding hydrogens is 347 g/mol. The molecular formula is C17H33O7P. The van der Waals surface area contributed by atoms with Crippen molar-refractivity contribution >= 4 is 19.6 Å². The Morgan fingerprint density at radius 3 is 1.80 bits per heavy atom. The lowest BCUT2D eigenvalue weighted by Gasteiger charge is -2.35. The Morgan fingerprint density at radius 1 is 1.00 bits per heavy atom. The summed E-state index contributed by atoms with van der Waals surface area (Å²) >= 11 is 0. The molecule has 3 unspecified atom stereocenters. The summed E-state index contributed by atoms with van der Waals surface area (Å²) in [6.45, 7) is 14.7. The molecule has 0 aliphatic heterocycles. The van der Waals surface area contributed by atoms with Gasteiger partial charge in [0.2, 0.25) is 0 Å². The molecule has 148 valence electrons. The molecule has 0 aliphatic carbocycles. The zero-order chi connectivity index (χ0) is 20.2. The van der Waals surface area contributed by atoms with E-state index in [1.165, 1.54) is 6.92 Å². The van der Waals surface area contributed by atoms with E-state index in [4.69, 9.17) is 14.5 Å². The fourth-order valence-electron chi connectivity index (χ4n) is 2.76. The number of Topliss-reactive ketones (excluding diaryl/α,β-unsaturated/α-hetero) is 1. The average molecular weight is 380 g/mol. The largest absolute Gasteiger partial charge is 0.470 e. The maximum absolute atomic E-state index is 12.6. The lowest BCUT2D eigenvalue weighted by atomic mass is 9.82. The van der Waals surface area contributed by atoms with E-state index in [1.807, 2.05) is 34.6 Å². The highest BCUT2D eigenvalue weighted by molar-refractivity contribution is 7.46. The molecule has 0 saturated heterocycles. The van der Waals surface area contributed by atoms with Crippen molar-refractivity contribution in [2.24, 2.45) is 23.2 Å². The molecule has 0 radical (unpaired) electrons. The molecule has 0 saturated carbocycles. The van der Waals surface area contributed by atoms with Crippen molar-refractivity contribution in [2.45, 2.75) is 74.0 Å². The highest BCUT2D eigenvalue weighted by Crippen LogP contribution is 2.38. The average Bonchev–Trinajstić information content (AvgIpc) is 2.37. The minimum Gasteiger partial charge on any atom is -0.461 e. The molecule has 0 amide bonds. The third-order valence-corrected chi connectivity index (χ3v) is 4.57. The van der Waals surface area contributed by atoms with E-state index in [-0.39, 0.29) is 29.8 Å². The zero-order valence-electron chi connectivity index (χ0n) is 16.5. The zero-order valence-corrected chi connectivity index (χ0v) is 17.4. The maximum Gasteiger partial charge on any atom is 0.470 e. The van der Waals surface area contributed by atoms with Gasteiger partial charge < -0.3 is 14.5 Å². The summed E-state index contributed by atoms with van der Waals surface area (Å²) in [7, 11) is -4.76. The third kappa shape index (κ3) is 8.95. The summed E-state index contributed by atoms with van der Waals surface area (Å²) in [6.07, 6.45) is -1.79. The lowest BCUT2D eigenvalue weighted by molar-refractivity contribution is -0.166. The molecule has 0 fully saturated rings. The SMILES string of the molecule is CC(OP(=O)(O)O)C(=O)CC(C(=O)OC(C(C)C)C(C)(C)C)C(C)C. The number of phosphoric ester groups is 1. The molecule has 2 N–H and O–H groups in total. The molecule has 0 aromatic heterocycles. The molecule has 7 nitrogen and oxygen atoms in total. The summed E-state index contributed by atoms with van der Waals surface area (Å²) in [5.74, 6) is -1.76. The topological polar surface area (TPSA) is 110 Å². The van der Waals surface area contributed by atoms with E-state index in [2.05, 4.69) is 4.52 Å². The number of phosphoric acid groups is 1. The standard InChI is InChI=1S/C17H33O7P/c1-10(2)13(9-14(18)12(5)24-25(20,21)22)16(19)23-15(11(3)4)17(6,7)8/h10-13,15H,9H2,1-8H3,(H2,20,21,22). The van der Waals surface area contributed by atoms with Gasteiger partial charge in [0.25, 0.3) is 0 Å². The quantitative estimate of drug-likeness (QED) is 0.466. The van der Waals surface area contributed by atoms with Gasteiger partial charge in [-0.1, -0.05) is 48.5 Å². The lowest BCUT2D eigenvalue weighted by Crippen LogP contribution is -2.39. The summed E-state index contributed by atoms with van der Waals surface area (Å²) < 4.78 is 21.0. The Hall–Kier alpha value is -0.750. The van der Waals surface area contributed by atoms with Crippen LogP contribution >= 0.6 is 7.82 Å². The van der Waals surface area contributed by atoms with E-state index in [9.17, 15) is 14.2 Å². The highest BCUT2D eigenvalue weighted by Gasteiger charge is 2.36. The Balaban J connectivity index is 5.14. The second kappa shape index (κ2) is 9.26. The fraction of sp³-hybridized carbons (Fsp3) is 0.882. The smallest absolute Gasteiger partial charge is 0.461 e. The Kier molecular flexibility index (Phi) is 8.99. The highest BCUT2D eigenvalue weighted by atomic mass is 31.2. The molecule has 3 atom stereocenters. The summed E-state index contributed by atoms with van der Waals surface area (Å²) in [5, 5.41) is 0. The van der Waals surface area contributed by atoms with Crippen molar-refractivity contribution < 1.29 is 33.2 Å². The number of ketones is 1. The Labute approximate surface area is 150 Å². The second-order valence-corrected chi connectivity index (χ2v) is 9.42. The summed E-state index contributed by atoms with van der Waals surface area (Å²) in [6, 6.07) is 0. The minimum absolute atomic E-state index is 0.115. The molecule has 8 heteroatoms. The molecule has 0 rings (SSSR count). The number of rotatable bonds is 9. The van der Waals surface area contributed by atoms with Crippen molar-refractivity contribution in [3.63, 3.8) is 0 Å². The number of hydrogen-bond acceptors (Lipinski definition) is 5. The van der Waals surface area contributed by atoms with Crippen LogP contribution in [0, 0.1) is 23.2 Å². The molecule has 0 aromatic rings. The second-order valence-electron chi connectivity index (χ2n) is 8.23. The van der Waals surface area contributed by atoms with Crippen LogP contribution in [0.3, 0.4) is 0 Å². The fourth-order valence-corrected chi connectivity index (χ4v) is 3.29. The minimum atomic E-state index is -4.76. The van der Waals surface area contributed by atoms with Crippen LogP contribution in [0.25, 0.3) is 0 Å². The van der Waals surface area contributed by atoms with Crippen LogP contribution in [0.15, 0.2) is 0 Å². The predicted molar refractivity (Wildman–Crippen MR) is 94.7 cm³/mol. The van der Waals surface area contributed by atoms with Crippen molar-refractivity contribution in [3.05, 3.63) is 0 Å². The van der Waals surface area contributed by atoms with Gasteiger partial charge in [0.1, 0.15) is 12.2 Å². The van der Waals surface area contributed by atoms with Gasteiger partial charge in [-0.2, -0.15) is 0 Å². The van der Waals surface area contributed by atoms with E-state index in [0.717, 1.165) is 0 Å². The first-order valence-corrected chi connectivity index (χ1v) is 10.1. The first-order chi connectivity index (χ1) is 11.1. The van der Waals surface area contributed by atoms with E-state index >= 15 is 0 Å². The van der Waals surface area contributed by atoms with Crippen LogP contribution in [0.1, 0.15) is 61.8 Å². The van der Waals surface area contributed by atoms with Crippen molar-refractivity contribution in [3.8, 4) is 0 Å². The normalized spacial score (nSPS) is 16.6. The van der Waals surface area contributed by atoms with E-state index in [1.54, 1.807) is 13.8 Å². The van der Waals surface area contributed by atoms with Crippen LogP contribution < -0.4 is 0 Å². The maximum atomic E-state index is 12.6. The van der Waals surface area contributed by atoms with Gasteiger partial charge in [0.05, 0.1) is 5.92 Å². The Morgan fingerprint density at radius 2 is 1.48 bits per heavy atom. The molecule has 0 aromatic carbocycles. The summed E-state index contributed by atoms with van der Waals surface area (Å²) in [5.41, 5.74) is -0.244. The van der Waals surface area contributed by atoms with Gasteiger partial charge >= 0.3 is 13.8 Å². The van der Waals surface area contributed by atoms with Crippen molar-refractivity contribution in [1.29, 1.82) is 0 Å².